The van der Waals surface area contributed by atoms with Crippen molar-refractivity contribution >= 4 is 0 Å². The summed E-state index contributed by atoms with van der Waals surface area (Å²) in [5, 5.41) is 14.8. The van der Waals surface area contributed by atoms with E-state index in [1.807, 2.05) is 67.6 Å². The standard InChI is InChI=1S/C19H20N2O3/c1-14(15-9-5-3-6-10-15)19(2,22)18-20-17(21-24-18)13-23-16-11-7-4-8-12-16/h3-12,14,22H,13H2,1-2H3/t14-,19-/m1/s1. The molecule has 5 nitrogen and oxygen atoms in total. The van der Waals surface area contributed by atoms with Crippen molar-refractivity contribution in [2.24, 2.45) is 0 Å². The second-order valence-corrected chi connectivity index (χ2v) is 5.90. The number of benzene rings is 2. The predicted octanol–water partition coefficient (Wildman–Crippen LogP) is 3.66. The number of aliphatic hydroxyl groups is 1. The van der Waals surface area contributed by atoms with Gasteiger partial charge in [-0.1, -0.05) is 60.6 Å². The van der Waals surface area contributed by atoms with Gasteiger partial charge in [-0.2, -0.15) is 4.98 Å². The zero-order valence-corrected chi connectivity index (χ0v) is 13.7. The first kappa shape index (κ1) is 16.2. The Bertz CT molecular complexity index is 770. The average Bonchev–Trinajstić information content (AvgIpc) is 3.11. The first-order chi connectivity index (χ1) is 11.6. The Kier molecular flexibility index (Phi) is 4.62. The predicted molar refractivity (Wildman–Crippen MR) is 89.5 cm³/mol. The van der Waals surface area contributed by atoms with E-state index in [1.54, 1.807) is 6.92 Å². The smallest absolute Gasteiger partial charge is 0.259 e. The van der Waals surface area contributed by atoms with Gasteiger partial charge in [0.25, 0.3) is 5.89 Å². The molecule has 0 radical (unpaired) electrons. The highest BCUT2D eigenvalue weighted by Gasteiger charge is 2.37. The molecule has 0 unspecified atom stereocenters. The van der Waals surface area contributed by atoms with Crippen molar-refractivity contribution in [1.82, 2.24) is 10.1 Å². The van der Waals surface area contributed by atoms with E-state index >= 15 is 0 Å². The molecule has 0 saturated carbocycles. The van der Waals surface area contributed by atoms with Crippen LogP contribution in [0.4, 0.5) is 0 Å². The molecule has 2 aromatic carbocycles. The first-order valence-electron chi connectivity index (χ1n) is 7.85. The van der Waals surface area contributed by atoms with E-state index in [9.17, 15) is 5.11 Å². The van der Waals surface area contributed by atoms with Crippen LogP contribution in [0.2, 0.25) is 0 Å². The minimum Gasteiger partial charge on any atom is -0.485 e. The Balaban J connectivity index is 1.72. The van der Waals surface area contributed by atoms with Crippen molar-refractivity contribution < 1.29 is 14.4 Å². The number of aromatic nitrogens is 2. The number of para-hydroxylation sites is 1. The summed E-state index contributed by atoms with van der Waals surface area (Å²) < 4.78 is 10.9. The molecule has 0 spiro atoms. The van der Waals surface area contributed by atoms with Gasteiger partial charge in [-0.25, -0.2) is 0 Å². The van der Waals surface area contributed by atoms with Crippen molar-refractivity contribution in [3.8, 4) is 5.75 Å². The van der Waals surface area contributed by atoms with Gasteiger partial charge in [-0.3, -0.25) is 0 Å². The Morgan fingerprint density at radius 1 is 1.08 bits per heavy atom. The van der Waals surface area contributed by atoms with Crippen molar-refractivity contribution in [3.05, 3.63) is 77.9 Å². The van der Waals surface area contributed by atoms with Crippen LogP contribution >= 0.6 is 0 Å². The molecule has 24 heavy (non-hydrogen) atoms. The third kappa shape index (κ3) is 3.46. The summed E-state index contributed by atoms with van der Waals surface area (Å²) in [6, 6.07) is 19.2. The van der Waals surface area contributed by atoms with E-state index in [-0.39, 0.29) is 18.4 Å². The van der Waals surface area contributed by atoms with Crippen LogP contribution in [0.15, 0.2) is 65.2 Å². The highest BCUT2D eigenvalue weighted by molar-refractivity contribution is 5.24. The Morgan fingerprint density at radius 3 is 2.38 bits per heavy atom. The first-order valence-corrected chi connectivity index (χ1v) is 7.85. The summed E-state index contributed by atoms with van der Waals surface area (Å²) in [4.78, 5) is 4.29. The molecule has 3 aromatic rings. The van der Waals surface area contributed by atoms with Gasteiger partial charge in [-0.15, -0.1) is 0 Å². The van der Waals surface area contributed by atoms with Crippen LogP contribution < -0.4 is 4.74 Å². The molecule has 0 saturated heterocycles. The highest BCUT2D eigenvalue weighted by atomic mass is 16.5. The summed E-state index contributed by atoms with van der Waals surface area (Å²) >= 11 is 0. The molecule has 0 fully saturated rings. The van der Waals surface area contributed by atoms with E-state index in [0.29, 0.717) is 5.82 Å². The van der Waals surface area contributed by atoms with Crippen molar-refractivity contribution in [2.45, 2.75) is 32.0 Å². The minimum absolute atomic E-state index is 0.184. The van der Waals surface area contributed by atoms with E-state index in [2.05, 4.69) is 10.1 Å². The van der Waals surface area contributed by atoms with Crippen LogP contribution in [0.1, 0.15) is 37.0 Å². The van der Waals surface area contributed by atoms with Crippen LogP contribution in [0, 0.1) is 0 Å². The molecule has 5 heteroatoms. The molecular formula is C19H20N2O3. The van der Waals surface area contributed by atoms with Gasteiger partial charge in [-0.05, 0) is 24.6 Å². The zero-order chi connectivity index (χ0) is 17.0. The van der Waals surface area contributed by atoms with Crippen LogP contribution in [0.5, 0.6) is 5.75 Å². The van der Waals surface area contributed by atoms with Gasteiger partial charge in [0.05, 0.1) is 0 Å². The molecule has 1 heterocycles. The molecule has 124 valence electrons. The molecule has 0 bridgehead atoms. The number of rotatable bonds is 6. The lowest BCUT2D eigenvalue weighted by atomic mass is 9.85. The minimum atomic E-state index is -1.26. The summed E-state index contributed by atoms with van der Waals surface area (Å²) in [5.41, 5.74) is -0.262. The SMILES string of the molecule is C[C@H](c1ccccc1)[C@@](C)(O)c1nc(COc2ccccc2)no1. The maximum absolute atomic E-state index is 10.9. The molecule has 0 aliphatic carbocycles. The summed E-state index contributed by atoms with van der Waals surface area (Å²) in [6.07, 6.45) is 0. The molecule has 1 N–H and O–H groups in total. The third-order valence-corrected chi connectivity index (χ3v) is 4.15. The molecular weight excluding hydrogens is 304 g/mol. The fraction of sp³-hybridized carbons (Fsp3) is 0.263. The summed E-state index contributed by atoms with van der Waals surface area (Å²) in [7, 11) is 0. The second-order valence-electron chi connectivity index (χ2n) is 5.90. The van der Waals surface area contributed by atoms with Gasteiger partial charge in [0.15, 0.2) is 6.61 Å². The topological polar surface area (TPSA) is 68.4 Å². The molecule has 0 aliphatic rings. The van der Waals surface area contributed by atoms with Gasteiger partial charge >= 0.3 is 0 Å². The molecule has 0 aliphatic heterocycles. The monoisotopic (exact) mass is 324 g/mol. The lowest BCUT2D eigenvalue weighted by Gasteiger charge is -2.26. The number of ether oxygens (including phenoxy) is 1. The number of hydrogen-bond donors (Lipinski definition) is 1. The van der Waals surface area contributed by atoms with Crippen LogP contribution in [-0.2, 0) is 12.2 Å². The largest absolute Gasteiger partial charge is 0.485 e. The maximum atomic E-state index is 10.9. The Morgan fingerprint density at radius 2 is 1.71 bits per heavy atom. The fourth-order valence-electron chi connectivity index (χ4n) is 2.43. The Labute approximate surface area is 140 Å². The van der Waals surface area contributed by atoms with Crippen molar-refractivity contribution in [2.75, 3.05) is 0 Å². The van der Waals surface area contributed by atoms with E-state index in [4.69, 9.17) is 9.26 Å². The quantitative estimate of drug-likeness (QED) is 0.749. The molecule has 0 amide bonds. The number of hydrogen-bond acceptors (Lipinski definition) is 5. The van der Waals surface area contributed by atoms with Gasteiger partial charge in [0.1, 0.15) is 11.4 Å². The lowest BCUT2D eigenvalue weighted by molar-refractivity contribution is 0.000602. The summed E-state index contributed by atoms with van der Waals surface area (Å²) in [6.45, 7) is 3.79. The van der Waals surface area contributed by atoms with E-state index < -0.39 is 5.60 Å². The lowest BCUT2D eigenvalue weighted by Crippen LogP contribution is -2.28. The third-order valence-electron chi connectivity index (χ3n) is 4.15. The normalized spacial score (nSPS) is 14.8. The Hall–Kier alpha value is -2.66. The van der Waals surface area contributed by atoms with Gasteiger partial charge in [0.2, 0.25) is 5.82 Å². The van der Waals surface area contributed by atoms with Crippen LogP contribution in [0.25, 0.3) is 0 Å². The fourth-order valence-corrected chi connectivity index (χ4v) is 2.43. The maximum Gasteiger partial charge on any atom is 0.259 e. The molecule has 1 aromatic heterocycles. The van der Waals surface area contributed by atoms with Gasteiger partial charge in [0, 0.05) is 5.92 Å². The average molecular weight is 324 g/mol. The van der Waals surface area contributed by atoms with Gasteiger partial charge < -0.3 is 14.4 Å². The molecule has 3 rings (SSSR count). The van der Waals surface area contributed by atoms with E-state index in [0.717, 1.165) is 11.3 Å². The second kappa shape index (κ2) is 6.84. The van der Waals surface area contributed by atoms with Crippen molar-refractivity contribution in [3.63, 3.8) is 0 Å². The van der Waals surface area contributed by atoms with Crippen LogP contribution in [0.3, 0.4) is 0 Å². The van der Waals surface area contributed by atoms with E-state index in [1.165, 1.54) is 0 Å². The highest BCUT2D eigenvalue weighted by Crippen LogP contribution is 2.35. The van der Waals surface area contributed by atoms with Crippen molar-refractivity contribution in [1.29, 1.82) is 0 Å². The zero-order valence-electron chi connectivity index (χ0n) is 13.7. The van der Waals surface area contributed by atoms with Crippen LogP contribution in [-0.4, -0.2) is 15.2 Å². The molecule has 2 atom stereocenters. The number of nitrogens with zero attached hydrogens (tertiary/aromatic N) is 2. The summed E-state index contributed by atoms with van der Waals surface area (Å²) in [5.74, 6) is 1.12.